The molecule has 0 saturated carbocycles. The van der Waals surface area contributed by atoms with Gasteiger partial charge in [0.15, 0.2) is 0 Å². The molecule has 0 bridgehead atoms. The first kappa shape index (κ1) is 15.9. The van der Waals surface area contributed by atoms with Crippen LogP contribution in [0.3, 0.4) is 0 Å². The summed E-state index contributed by atoms with van der Waals surface area (Å²) in [6.07, 6.45) is 3.49. The van der Waals surface area contributed by atoms with Crippen LogP contribution in [0.15, 0.2) is 0 Å². The van der Waals surface area contributed by atoms with Crippen LogP contribution in [0.2, 0.25) is 0 Å². The molecule has 0 spiro atoms. The number of methoxy groups -OCH3 is 1. The minimum atomic E-state index is -0.835. The molecule has 1 rings (SSSR count). The number of ether oxygens (including phenoxy) is 1. The van der Waals surface area contributed by atoms with E-state index in [0.29, 0.717) is 26.1 Å². The van der Waals surface area contributed by atoms with Gasteiger partial charge < -0.3 is 15.2 Å². The van der Waals surface area contributed by atoms with Crippen molar-refractivity contribution in [1.29, 1.82) is 0 Å². The van der Waals surface area contributed by atoms with Gasteiger partial charge in [0.1, 0.15) is 6.04 Å². The van der Waals surface area contributed by atoms with Crippen LogP contribution in [0.5, 0.6) is 0 Å². The Kier molecular flexibility index (Phi) is 6.80. The van der Waals surface area contributed by atoms with Crippen LogP contribution < -0.4 is 5.32 Å². The van der Waals surface area contributed by atoms with Gasteiger partial charge in [-0.1, -0.05) is 12.8 Å². The number of aliphatic carboxylic acids is 1. The van der Waals surface area contributed by atoms with Gasteiger partial charge in [0.25, 0.3) is 0 Å². The van der Waals surface area contributed by atoms with E-state index in [1.165, 1.54) is 0 Å². The minimum absolute atomic E-state index is 0.134. The number of carbonyl (C=O) groups is 2. The van der Waals surface area contributed by atoms with E-state index in [2.05, 4.69) is 5.32 Å². The Morgan fingerprint density at radius 1 is 1.42 bits per heavy atom. The van der Waals surface area contributed by atoms with E-state index in [4.69, 9.17) is 4.74 Å². The fourth-order valence-corrected chi connectivity index (χ4v) is 2.43. The summed E-state index contributed by atoms with van der Waals surface area (Å²) < 4.78 is 4.87. The highest BCUT2D eigenvalue weighted by Crippen LogP contribution is 2.19. The molecule has 1 amide bonds. The topological polar surface area (TPSA) is 78.9 Å². The number of rotatable bonds is 6. The Morgan fingerprint density at radius 2 is 2.16 bits per heavy atom. The van der Waals surface area contributed by atoms with Gasteiger partial charge in [0.2, 0.25) is 5.91 Å². The van der Waals surface area contributed by atoms with E-state index in [0.717, 1.165) is 19.3 Å². The Hall–Kier alpha value is -1.14. The molecule has 2 unspecified atom stereocenters. The summed E-state index contributed by atoms with van der Waals surface area (Å²) in [7, 11) is 1.57. The molecule has 1 saturated heterocycles. The largest absolute Gasteiger partial charge is 0.480 e. The van der Waals surface area contributed by atoms with Crippen LogP contribution in [0.1, 0.15) is 32.6 Å². The number of carbonyl (C=O) groups excluding carboxylic acids is 1. The Morgan fingerprint density at radius 3 is 2.79 bits per heavy atom. The maximum Gasteiger partial charge on any atom is 0.320 e. The van der Waals surface area contributed by atoms with Gasteiger partial charge in [0, 0.05) is 13.7 Å². The highest BCUT2D eigenvalue weighted by atomic mass is 16.5. The summed E-state index contributed by atoms with van der Waals surface area (Å²) in [5, 5.41) is 12.0. The first-order valence-electron chi connectivity index (χ1n) is 6.83. The lowest BCUT2D eigenvalue weighted by Crippen LogP contribution is -2.52. The molecular formula is C13H24N2O4. The fourth-order valence-electron chi connectivity index (χ4n) is 2.43. The molecule has 6 nitrogen and oxygen atoms in total. The zero-order valence-electron chi connectivity index (χ0n) is 11.7. The molecule has 110 valence electrons. The second-order valence-electron chi connectivity index (χ2n) is 4.90. The summed E-state index contributed by atoms with van der Waals surface area (Å²) in [4.78, 5) is 25.1. The van der Waals surface area contributed by atoms with E-state index >= 15 is 0 Å². The van der Waals surface area contributed by atoms with Crippen molar-refractivity contribution in [2.24, 2.45) is 0 Å². The number of nitrogens with one attached hydrogen (secondary N) is 1. The number of likely N-dealkylation sites (tertiary alicyclic amines) is 1. The molecule has 1 fully saturated rings. The second-order valence-corrected chi connectivity index (χ2v) is 4.90. The lowest BCUT2D eigenvalue weighted by Gasteiger charge is -2.31. The lowest BCUT2D eigenvalue weighted by atomic mass is 10.1. The van der Waals surface area contributed by atoms with Crippen molar-refractivity contribution in [2.75, 3.05) is 26.8 Å². The molecule has 0 aromatic carbocycles. The summed E-state index contributed by atoms with van der Waals surface area (Å²) in [5.74, 6) is -0.969. The zero-order chi connectivity index (χ0) is 14.3. The number of amides is 1. The second kappa shape index (κ2) is 8.12. The molecule has 2 N–H and O–H groups in total. The van der Waals surface area contributed by atoms with E-state index in [9.17, 15) is 14.7 Å². The predicted molar refractivity (Wildman–Crippen MR) is 70.9 cm³/mol. The maximum absolute atomic E-state index is 12.0. The van der Waals surface area contributed by atoms with Crippen LogP contribution in [-0.4, -0.2) is 60.8 Å². The fraction of sp³-hybridized carbons (Fsp3) is 0.846. The molecule has 1 heterocycles. The highest BCUT2D eigenvalue weighted by molar-refractivity contribution is 5.82. The third-order valence-electron chi connectivity index (χ3n) is 3.56. The molecule has 1 aliphatic rings. The molecule has 0 aromatic rings. The summed E-state index contributed by atoms with van der Waals surface area (Å²) >= 11 is 0. The van der Waals surface area contributed by atoms with E-state index in [1.807, 2.05) is 0 Å². The molecule has 19 heavy (non-hydrogen) atoms. The van der Waals surface area contributed by atoms with Crippen LogP contribution in [0.25, 0.3) is 0 Å². The molecule has 0 radical (unpaired) electrons. The van der Waals surface area contributed by atoms with Gasteiger partial charge in [-0.3, -0.25) is 14.5 Å². The quantitative estimate of drug-likeness (QED) is 0.687. The first-order chi connectivity index (χ1) is 9.07. The third kappa shape index (κ3) is 4.80. The summed E-state index contributed by atoms with van der Waals surface area (Å²) in [5.41, 5.74) is 0. The van der Waals surface area contributed by atoms with Crippen molar-refractivity contribution in [2.45, 2.75) is 44.7 Å². The van der Waals surface area contributed by atoms with Crippen LogP contribution >= 0.6 is 0 Å². The molecule has 1 aliphatic heterocycles. The summed E-state index contributed by atoms with van der Waals surface area (Å²) in [6, 6.07) is -0.971. The Bertz CT molecular complexity index is 309. The van der Waals surface area contributed by atoms with Crippen molar-refractivity contribution < 1.29 is 19.4 Å². The average molecular weight is 272 g/mol. The average Bonchev–Trinajstić information content (AvgIpc) is 2.63. The van der Waals surface area contributed by atoms with Crippen molar-refractivity contribution in [3.05, 3.63) is 0 Å². The van der Waals surface area contributed by atoms with Gasteiger partial charge in [-0.25, -0.2) is 0 Å². The molecule has 6 heteroatoms. The van der Waals surface area contributed by atoms with Crippen LogP contribution in [-0.2, 0) is 14.3 Å². The molecule has 2 atom stereocenters. The number of hydrogen-bond acceptors (Lipinski definition) is 4. The van der Waals surface area contributed by atoms with Gasteiger partial charge in [-0.15, -0.1) is 0 Å². The van der Waals surface area contributed by atoms with Crippen molar-refractivity contribution in [3.8, 4) is 0 Å². The van der Waals surface area contributed by atoms with E-state index in [-0.39, 0.29) is 5.91 Å². The predicted octanol–water partition coefficient (Wildman–Crippen LogP) is 0.467. The first-order valence-corrected chi connectivity index (χ1v) is 6.83. The Balaban J connectivity index is 2.61. The van der Waals surface area contributed by atoms with Crippen LogP contribution in [0.4, 0.5) is 0 Å². The monoisotopic (exact) mass is 272 g/mol. The number of nitrogens with zero attached hydrogens (tertiary/aromatic N) is 1. The van der Waals surface area contributed by atoms with Crippen molar-refractivity contribution >= 4 is 11.9 Å². The highest BCUT2D eigenvalue weighted by Gasteiger charge is 2.33. The third-order valence-corrected chi connectivity index (χ3v) is 3.56. The minimum Gasteiger partial charge on any atom is -0.480 e. The van der Waals surface area contributed by atoms with Gasteiger partial charge in [-0.05, 0) is 26.3 Å². The standard InChI is InChI=1S/C13H24N2O4/c1-10(12(16)14-7-9-19-2)15-8-5-3-4-6-11(15)13(17)18/h10-11H,3-9H2,1-2H3,(H,14,16)(H,17,18). The smallest absolute Gasteiger partial charge is 0.320 e. The van der Waals surface area contributed by atoms with Crippen LogP contribution in [0, 0.1) is 0 Å². The molecule has 0 aromatic heterocycles. The van der Waals surface area contributed by atoms with E-state index < -0.39 is 18.1 Å². The number of carboxylic acid groups (broad SMARTS) is 1. The van der Waals surface area contributed by atoms with Gasteiger partial charge in [-0.2, -0.15) is 0 Å². The SMILES string of the molecule is COCCNC(=O)C(C)N1CCCCCC1C(=O)O. The number of hydrogen-bond donors (Lipinski definition) is 2. The normalized spacial score (nSPS) is 22.5. The maximum atomic E-state index is 12.0. The van der Waals surface area contributed by atoms with Crippen molar-refractivity contribution in [1.82, 2.24) is 10.2 Å². The summed E-state index contributed by atoms with van der Waals surface area (Å²) in [6.45, 7) is 3.34. The van der Waals surface area contributed by atoms with Crippen molar-refractivity contribution in [3.63, 3.8) is 0 Å². The zero-order valence-corrected chi connectivity index (χ0v) is 11.7. The van der Waals surface area contributed by atoms with Gasteiger partial charge in [0.05, 0.1) is 12.6 Å². The Labute approximate surface area is 114 Å². The van der Waals surface area contributed by atoms with E-state index in [1.54, 1.807) is 18.9 Å². The molecule has 0 aliphatic carbocycles. The number of carboxylic acids is 1. The van der Waals surface area contributed by atoms with Gasteiger partial charge >= 0.3 is 5.97 Å². The lowest BCUT2D eigenvalue weighted by molar-refractivity contribution is -0.145. The molecular weight excluding hydrogens is 248 g/mol.